The maximum Gasteiger partial charge on any atom is 0.243 e. The quantitative estimate of drug-likeness (QED) is 0.860. The highest BCUT2D eigenvalue weighted by atomic mass is 35.5. The number of likely N-dealkylation sites (N-methyl/N-ethyl adjacent to an activating group) is 1. The van der Waals surface area contributed by atoms with E-state index in [1.807, 2.05) is 11.9 Å². The average molecular weight is 310 g/mol. The van der Waals surface area contributed by atoms with Crippen molar-refractivity contribution in [3.8, 4) is 0 Å². The fourth-order valence-corrected chi connectivity index (χ4v) is 2.00. The molecule has 2 N–H and O–H groups in total. The van der Waals surface area contributed by atoms with Crippen LogP contribution in [0.2, 0.25) is 0 Å². The van der Waals surface area contributed by atoms with E-state index in [0.717, 1.165) is 11.4 Å². The maximum absolute atomic E-state index is 13.2. The summed E-state index contributed by atoms with van der Waals surface area (Å²) in [5.41, 5.74) is 7.06. The lowest BCUT2D eigenvalue weighted by Crippen LogP contribution is -2.48. The third kappa shape index (κ3) is 3.49. The van der Waals surface area contributed by atoms with E-state index < -0.39 is 6.04 Å². The molecule has 0 aliphatic carbocycles. The molecule has 108 valence electrons. The molecule has 2 rings (SSSR count). The van der Waals surface area contributed by atoms with Crippen LogP contribution < -0.4 is 15.5 Å². The Morgan fingerprint density at radius 1 is 1.32 bits per heavy atom. The molecular formula is C12H18Cl2FN3O. The minimum Gasteiger partial charge on any atom is -0.371 e. The van der Waals surface area contributed by atoms with Gasteiger partial charge >= 0.3 is 0 Å². The number of fused-ring (bicyclic) bond motifs is 1. The van der Waals surface area contributed by atoms with E-state index in [2.05, 4.69) is 0 Å². The van der Waals surface area contributed by atoms with E-state index in [1.165, 1.54) is 12.1 Å². The molecule has 0 radical (unpaired) electrons. The first-order chi connectivity index (χ1) is 8.00. The summed E-state index contributed by atoms with van der Waals surface area (Å²) < 4.78 is 13.2. The molecule has 1 unspecified atom stereocenters. The number of carbonyl (C=O) groups is 1. The van der Waals surface area contributed by atoms with Crippen LogP contribution in [0.3, 0.4) is 0 Å². The van der Waals surface area contributed by atoms with Crippen LogP contribution in [0.1, 0.15) is 6.92 Å². The van der Waals surface area contributed by atoms with E-state index in [0.29, 0.717) is 13.1 Å². The van der Waals surface area contributed by atoms with Crippen molar-refractivity contribution in [3.63, 3.8) is 0 Å². The summed E-state index contributed by atoms with van der Waals surface area (Å²) in [6, 6.07) is 3.88. The molecule has 0 aromatic heterocycles. The highest BCUT2D eigenvalue weighted by Crippen LogP contribution is 2.32. The minimum atomic E-state index is -0.545. The highest BCUT2D eigenvalue weighted by Gasteiger charge is 2.26. The van der Waals surface area contributed by atoms with Crippen molar-refractivity contribution >= 4 is 42.1 Å². The summed E-state index contributed by atoms with van der Waals surface area (Å²) in [5, 5.41) is 0. The molecule has 0 saturated carbocycles. The Morgan fingerprint density at radius 3 is 2.53 bits per heavy atom. The summed E-state index contributed by atoms with van der Waals surface area (Å²) >= 11 is 0. The monoisotopic (exact) mass is 309 g/mol. The average Bonchev–Trinajstić information content (AvgIpc) is 2.29. The minimum absolute atomic E-state index is 0. The Balaban J connectivity index is 0.00000162. The SMILES string of the molecule is CC(N)C(=O)N1CCN(C)c2cc(F)ccc21.Cl.Cl. The molecule has 0 spiro atoms. The standard InChI is InChI=1S/C12H16FN3O.2ClH/c1-8(14)12(17)16-6-5-15(2)11-7-9(13)3-4-10(11)16;;/h3-4,7-8H,5-6,14H2,1-2H3;2*1H. The van der Waals surface area contributed by atoms with Crippen LogP contribution in [0.25, 0.3) is 0 Å². The van der Waals surface area contributed by atoms with Crippen LogP contribution >= 0.6 is 24.8 Å². The van der Waals surface area contributed by atoms with Crippen molar-refractivity contribution in [2.45, 2.75) is 13.0 Å². The third-order valence-corrected chi connectivity index (χ3v) is 2.95. The fraction of sp³-hybridized carbons (Fsp3) is 0.417. The van der Waals surface area contributed by atoms with E-state index in [4.69, 9.17) is 5.73 Å². The Bertz CT molecular complexity index is 457. The van der Waals surface area contributed by atoms with Gasteiger partial charge in [0.2, 0.25) is 5.91 Å². The molecule has 1 heterocycles. The molecule has 1 amide bonds. The predicted octanol–water partition coefficient (Wildman–Crippen LogP) is 1.80. The Labute approximate surface area is 124 Å². The van der Waals surface area contributed by atoms with Crippen LogP contribution in [0.4, 0.5) is 15.8 Å². The van der Waals surface area contributed by atoms with Gasteiger partial charge in [0.05, 0.1) is 17.4 Å². The van der Waals surface area contributed by atoms with E-state index >= 15 is 0 Å². The number of amides is 1. The zero-order chi connectivity index (χ0) is 12.6. The first-order valence-corrected chi connectivity index (χ1v) is 5.58. The van der Waals surface area contributed by atoms with Gasteiger partial charge in [0.1, 0.15) is 5.82 Å². The summed E-state index contributed by atoms with van der Waals surface area (Å²) in [7, 11) is 1.88. The number of carbonyl (C=O) groups excluding carboxylic acids is 1. The molecule has 1 aliphatic heterocycles. The molecule has 1 aliphatic rings. The van der Waals surface area contributed by atoms with Gasteiger partial charge in [0, 0.05) is 20.1 Å². The van der Waals surface area contributed by atoms with E-state index in [1.54, 1.807) is 17.9 Å². The lowest BCUT2D eigenvalue weighted by Gasteiger charge is -2.36. The van der Waals surface area contributed by atoms with Gasteiger partial charge in [-0.2, -0.15) is 0 Å². The molecule has 19 heavy (non-hydrogen) atoms. The highest BCUT2D eigenvalue weighted by molar-refractivity contribution is 6.00. The molecule has 1 aromatic carbocycles. The zero-order valence-electron chi connectivity index (χ0n) is 10.8. The molecular weight excluding hydrogens is 292 g/mol. The smallest absolute Gasteiger partial charge is 0.243 e. The van der Waals surface area contributed by atoms with Crippen LogP contribution in [0, 0.1) is 5.82 Å². The van der Waals surface area contributed by atoms with Crippen molar-refractivity contribution in [1.29, 1.82) is 0 Å². The fourth-order valence-electron chi connectivity index (χ4n) is 2.00. The second-order valence-electron chi connectivity index (χ2n) is 4.33. The predicted molar refractivity (Wildman–Crippen MR) is 80.2 cm³/mol. The third-order valence-electron chi connectivity index (χ3n) is 2.95. The van der Waals surface area contributed by atoms with E-state index in [-0.39, 0.29) is 36.5 Å². The summed E-state index contributed by atoms with van der Waals surface area (Å²) in [4.78, 5) is 15.5. The number of hydrogen-bond donors (Lipinski definition) is 1. The van der Waals surface area contributed by atoms with Gasteiger partial charge in [0.15, 0.2) is 0 Å². The zero-order valence-corrected chi connectivity index (χ0v) is 12.4. The summed E-state index contributed by atoms with van der Waals surface area (Å²) in [6.45, 7) is 2.91. The second-order valence-corrected chi connectivity index (χ2v) is 4.33. The molecule has 1 aromatic rings. The number of nitrogens with two attached hydrogens (primary N) is 1. The second kappa shape index (κ2) is 6.93. The molecule has 4 nitrogen and oxygen atoms in total. The summed E-state index contributed by atoms with van der Waals surface area (Å²) in [5.74, 6) is -0.434. The van der Waals surface area contributed by atoms with Gasteiger partial charge in [-0.15, -0.1) is 24.8 Å². The largest absolute Gasteiger partial charge is 0.371 e. The lowest BCUT2D eigenvalue weighted by atomic mass is 10.1. The topological polar surface area (TPSA) is 49.6 Å². The Morgan fingerprint density at radius 2 is 1.95 bits per heavy atom. The number of hydrogen-bond acceptors (Lipinski definition) is 3. The molecule has 0 fully saturated rings. The van der Waals surface area contributed by atoms with E-state index in [9.17, 15) is 9.18 Å². The van der Waals surface area contributed by atoms with Crippen LogP contribution in [0.5, 0.6) is 0 Å². The van der Waals surface area contributed by atoms with Gasteiger partial charge in [-0.1, -0.05) is 0 Å². The van der Waals surface area contributed by atoms with Crippen LogP contribution in [-0.4, -0.2) is 32.1 Å². The molecule has 0 saturated heterocycles. The normalized spacial score (nSPS) is 14.9. The number of halogens is 3. The van der Waals surface area contributed by atoms with Crippen LogP contribution in [0.15, 0.2) is 18.2 Å². The van der Waals surface area contributed by atoms with Gasteiger partial charge in [-0.05, 0) is 25.1 Å². The lowest BCUT2D eigenvalue weighted by molar-refractivity contribution is -0.119. The molecule has 1 atom stereocenters. The Hall–Kier alpha value is -1.04. The van der Waals surface area contributed by atoms with Crippen molar-refractivity contribution in [2.24, 2.45) is 5.73 Å². The van der Waals surface area contributed by atoms with Gasteiger partial charge in [0.25, 0.3) is 0 Å². The first kappa shape index (κ1) is 18.0. The molecule has 0 bridgehead atoms. The number of nitrogens with zero attached hydrogens (tertiary/aromatic N) is 2. The number of rotatable bonds is 1. The molecule has 7 heteroatoms. The number of anilines is 2. The summed E-state index contributed by atoms with van der Waals surface area (Å²) in [6.07, 6.45) is 0. The van der Waals surface area contributed by atoms with Crippen LogP contribution in [-0.2, 0) is 4.79 Å². The number of benzene rings is 1. The van der Waals surface area contributed by atoms with Crippen molar-refractivity contribution in [3.05, 3.63) is 24.0 Å². The van der Waals surface area contributed by atoms with Crippen molar-refractivity contribution in [2.75, 3.05) is 29.9 Å². The Kier molecular flexibility index (Phi) is 6.55. The van der Waals surface area contributed by atoms with Crippen molar-refractivity contribution < 1.29 is 9.18 Å². The van der Waals surface area contributed by atoms with Crippen molar-refractivity contribution in [1.82, 2.24) is 0 Å². The van der Waals surface area contributed by atoms with Gasteiger partial charge in [-0.3, -0.25) is 4.79 Å². The maximum atomic E-state index is 13.2. The van der Waals surface area contributed by atoms with Gasteiger partial charge in [-0.25, -0.2) is 4.39 Å². The van der Waals surface area contributed by atoms with Gasteiger partial charge < -0.3 is 15.5 Å². The first-order valence-electron chi connectivity index (χ1n) is 5.58.